The maximum Gasteiger partial charge on any atom is 0.313 e. The maximum atomic E-state index is 12.5. The van der Waals surface area contributed by atoms with Crippen LogP contribution in [0, 0.1) is 0 Å². The zero-order valence-corrected chi connectivity index (χ0v) is 14.4. The quantitative estimate of drug-likeness (QED) is 0.866. The molecule has 0 radical (unpaired) electrons. The summed E-state index contributed by atoms with van der Waals surface area (Å²) < 4.78 is 1.62. The van der Waals surface area contributed by atoms with Crippen molar-refractivity contribution in [2.75, 3.05) is 11.9 Å². The lowest BCUT2D eigenvalue weighted by atomic mass is 9.94. The molecule has 1 aliphatic carbocycles. The van der Waals surface area contributed by atoms with Gasteiger partial charge in [-0.1, -0.05) is 19.3 Å². The van der Waals surface area contributed by atoms with Gasteiger partial charge in [0, 0.05) is 25.0 Å². The predicted octanol–water partition coefficient (Wildman–Crippen LogP) is 2.39. The predicted molar refractivity (Wildman–Crippen MR) is 94.2 cm³/mol. The lowest BCUT2D eigenvalue weighted by Gasteiger charge is -2.33. The van der Waals surface area contributed by atoms with Gasteiger partial charge in [0.25, 0.3) is 0 Å². The number of carbonyl (C=O) groups is 2. The van der Waals surface area contributed by atoms with E-state index in [1.165, 1.54) is 12.6 Å². The Bertz CT molecular complexity index is 706. The van der Waals surface area contributed by atoms with Crippen LogP contribution in [0.15, 0.2) is 36.8 Å². The summed E-state index contributed by atoms with van der Waals surface area (Å²) in [6, 6.07) is 5.44. The van der Waals surface area contributed by atoms with E-state index in [4.69, 9.17) is 0 Å². The fraction of sp³-hybridized carbons (Fsp3) is 0.444. The van der Waals surface area contributed by atoms with Gasteiger partial charge in [0.2, 0.25) is 0 Å². The first-order valence-electron chi connectivity index (χ1n) is 8.77. The van der Waals surface area contributed by atoms with Crippen LogP contribution in [0.4, 0.5) is 5.69 Å². The van der Waals surface area contributed by atoms with Crippen LogP contribution >= 0.6 is 0 Å². The second-order valence-corrected chi connectivity index (χ2v) is 6.19. The van der Waals surface area contributed by atoms with E-state index in [2.05, 4.69) is 15.4 Å². The third-order valence-corrected chi connectivity index (χ3v) is 4.56. The molecule has 1 saturated carbocycles. The van der Waals surface area contributed by atoms with Crippen LogP contribution in [0.2, 0.25) is 0 Å². The number of likely N-dealkylation sites (N-methyl/N-ethyl adjacent to an activating group) is 1. The Morgan fingerprint density at radius 2 is 2.08 bits per heavy atom. The second-order valence-electron chi connectivity index (χ2n) is 6.19. The van der Waals surface area contributed by atoms with Crippen molar-refractivity contribution in [2.24, 2.45) is 0 Å². The molecule has 1 aliphatic rings. The summed E-state index contributed by atoms with van der Waals surface area (Å²) in [5.74, 6) is -0.432. The minimum Gasteiger partial charge on any atom is -0.332 e. The summed E-state index contributed by atoms with van der Waals surface area (Å²) in [4.78, 5) is 30.8. The van der Waals surface area contributed by atoms with E-state index in [0.29, 0.717) is 18.1 Å². The minimum atomic E-state index is -0.610. The van der Waals surface area contributed by atoms with Gasteiger partial charge < -0.3 is 10.2 Å². The number of pyridine rings is 1. The van der Waals surface area contributed by atoms with Crippen molar-refractivity contribution in [3.8, 4) is 5.82 Å². The number of amides is 2. The number of hydrogen-bond acceptors (Lipinski definition) is 4. The number of nitrogens with zero attached hydrogens (tertiary/aromatic N) is 4. The standard InChI is InChI=1S/C18H23N5O2/c1-2-22(15-7-4-3-5-8-15)18(25)17(24)21-14-9-10-16(19-13-14)23-12-6-11-20-23/h6,9-13,15H,2-5,7-8H2,1H3,(H,21,24). The van der Waals surface area contributed by atoms with Gasteiger partial charge in [-0.25, -0.2) is 9.67 Å². The molecular weight excluding hydrogens is 318 g/mol. The highest BCUT2D eigenvalue weighted by atomic mass is 16.2. The zero-order valence-electron chi connectivity index (χ0n) is 14.4. The first kappa shape index (κ1) is 17.1. The summed E-state index contributed by atoms with van der Waals surface area (Å²) in [5, 5.41) is 6.74. The summed E-state index contributed by atoms with van der Waals surface area (Å²) >= 11 is 0. The molecule has 2 aromatic heterocycles. The highest BCUT2D eigenvalue weighted by Crippen LogP contribution is 2.22. The van der Waals surface area contributed by atoms with Gasteiger partial charge in [0.15, 0.2) is 5.82 Å². The van der Waals surface area contributed by atoms with Gasteiger partial charge in [-0.2, -0.15) is 5.10 Å². The first-order chi connectivity index (χ1) is 12.2. The molecule has 1 N–H and O–H groups in total. The highest BCUT2D eigenvalue weighted by molar-refractivity contribution is 6.39. The molecule has 2 amide bonds. The highest BCUT2D eigenvalue weighted by Gasteiger charge is 2.28. The zero-order chi connectivity index (χ0) is 17.6. The van der Waals surface area contributed by atoms with Crippen molar-refractivity contribution in [3.05, 3.63) is 36.8 Å². The normalized spacial score (nSPS) is 14.9. The molecule has 0 aromatic carbocycles. The van der Waals surface area contributed by atoms with E-state index in [9.17, 15) is 9.59 Å². The monoisotopic (exact) mass is 341 g/mol. The largest absolute Gasteiger partial charge is 0.332 e. The number of aromatic nitrogens is 3. The molecule has 0 aliphatic heterocycles. The summed E-state index contributed by atoms with van der Waals surface area (Å²) in [5.41, 5.74) is 0.494. The van der Waals surface area contributed by atoms with Gasteiger partial charge in [0.1, 0.15) is 0 Å². The summed E-state index contributed by atoms with van der Waals surface area (Å²) in [6.45, 7) is 2.47. The van der Waals surface area contributed by atoms with Crippen molar-refractivity contribution in [2.45, 2.75) is 45.1 Å². The third-order valence-electron chi connectivity index (χ3n) is 4.56. The second kappa shape index (κ2) is 7.92. The molecule has 0 unspecified atom stereocenters. The average Bonchev–Trinajstić information content (AvgIpc) is 3.18. The van der Waals surface area contributed by atoms with Gasteiger partial charge >= 0.3 is 11.8 Å². The maximum absolute atomic E-state index is 12.5. The molecule has 0 atom stereocenters. The molecule has 2 heterocycles. The minimum absolute atomic E-state index is 0.178. The molecule has 0 bridgehead atoms. The van der Waals surface area contributed by atoms with Crippen LogP contribution in [-0.4, -0.2) is 44.1 Å². The Morgan fingerprint density at radius 3 is 2.68 bits per heavy atom. The van der Waals surface area contributed by atoms with E-state index < -0.39 is 11.8 Å². The van der Waals surface area contributed by atoms with Gasteiger partial charge in [-0.05, 0) is 38.0 Å². The topological polar surface area (TPSA) is 80.1 Å². The fourth-order valence-electron chi connectivity index (χ4n) is 3.28. The van der Waals surface area contributed by atoms with E-state index in [0.717, 1.165) is 25.7 Å². The van der Waals surface area contributed by atoms with Crippen LogP contribution in [0.1, 0.15) is 39.0 Å². The van der Waals surface area contributed by atoms with E-state index in [1.807, 2.05) is 6.92 Å². The lowest BCUT2D eigenvalue weighted by molar-refractivity contribution is -0.145. The van der Waals surface area contributed by atoms with Crippen LogP contribution in [0.3, 0.4) is 0 Å². The molecule has 1 fully saturated rings. The molecule has 7 heteroatoms. The summed E-state index contributed by atoms with van der Waals surface area (Å²) in [6.07, 6.45) is 10.4. The Morgan fingerprint density at radius 1 is 1.28 bits per heavy atom. The molecule has 132 valence electrons. The Kier molecular flexibility index (Phi) is 5.42. The van der Waals surface area contributed by atoms with E-state index in [-0.39, 0.29) is 6.04 Å². The molecule has 0 spiro atoms. The summed E-state index contributed by atoms with van der Waals surface area (Å²) in [7, 11) is 0. The molecule has 0 saturated heterocycles. The number of anilines is 1. The number of nitrogens with one attached hydrogen (secondary N) is 1. The number of rotatable bonds is 4. The molecule has 7 nitrogen and oxygen atoms in total. The molecule has 3 rings (SSSR count). The van der Waals surface area contributed by atoms with Crippen LogP contribution < -0.4 is 5.32 Å². The Labute approximate surface area is 147 Å². The van der Waals surface area contributed by atoms with Crippen molar-refractivity contribution in [3.63, 3.8) is 0 Å². The van der Waals surface area contributed by atoms with Crippen molar-refractivity contribution >= 4 is 17.5 Å². The Hall–Kier alpha value is -2.70. The van der Waals surface area contributed by atoms with Crippen LogP contribution in [-0.2, 0) is 9.59 Å². The fourth-order valence-corrected chi connectivity index (χ4v) is 3.28. The smallest absolute Gasteiger partial charge is 0.313 e. The van der Waals surface area contributed by atoms with Crippen LogP contribution in [0.5, 0.6) is 0 Å². The molecule has 25 heavy (non-hydrogen) atoms. The third kappa shape index (κ3) is 4.04. The molecular formula is C18H23N5O2. The lowest BCUT2D eigenvalue weighted by Crippen LogP contribution is -2.46. The van der Waals surface area contributed by atoms with Crippen LogP contribution in [0.25, 0.3) is 5.82 Å². The van der Waals surface area contributed by atoms with Gasteiger partial charge in [-0.3, -0.25) is 9.59 Å². The van der Waals surface area contributed by atoms with Gasteiger partial charge in [-0.15, -0.1) is 0 Å². The van der Waals surface area contributed by atoms with Crippen molar-refractivity contribution < 1.29 is 9.59 Å². The average molecular weight is 341 g/mol. The van der Waals surface area contributed by atoms with Crippen molar-refractivity contribution in [1.29, 1.82) is 0 Å². The SMILES string of the molecule is CCN(C(=O)C(=O)Nc1ccc(-n2cccn2)nc1)C1CCCCC1. The van der Waals surface area contributed by atoms with E-state index in [1.54, 1.807) is 40.2 Å². The molecule has 2 aromatic rings. The Balaban J connectivity index is 1.63. The number of hydrogen-bond donors (Lipinski definition) is 1. The van der Waals surface area contributed by atoms with Gasteiger partial charge in [0.05, 0.1) is 11.9 Å². The van der Waals surface area contributed by atoms with E-state index >= 15 is 0 Å². The van der Waals surface area contributed by atoms with Crippen molar-refractivity contribution in [1.82, 2.24) is 19.7 Å². The first-order valence-corrected chi connectivity index (χ1v) is 8.77. The number of carbonyl (C=O) groups excluding carboxylic acids is 2.